The first-order valence-electron chi connectivity index (χ1n) is 12.4. The van der Waals surface area contributed by atoms with Crippen molar-refractivity contribution in [2.24, 2.45) is 11.3 Å². The van der Waals surface area contributed by atoms with Gasteiger partial charge in [0.25, 0.3) is 0 Å². The third-order valence-electron chi connectivity index (χ3n) is 7.58. The van der Waals surface area contributed by atoms with E-state index in [-0.39, 0.29) is 29.6 Å². The number of aromatic nitrogens is 2. The summed E-state index contributed by atoms with van der Waals surface area (Å²) in [5.74, 6) is 0.306. The molecule has 4 aromatic rings. The van der Waals surface area contributed by atoms with Crippen LogP contribution in [0.15, 0.2) is 66.7 Å². The minimum absolute atomic E-state index is 0.0406. The average molecular weight is 508 g/mol. The van der Waals surface area contributed by atoms with Gasteiger partial charge in [-0.1, -0.05) is 42.5 Å². The highest BCUT2D eigenvalue weighted by molar-refractivity contribution is 5.90. The van der Waals surface area contributed by atoms with Crippen LogP contribution in [0.25, 0.3) is 33.5 Å². The van der Waals surface area contributed by atoms with Crippen molar-refractivity contribution in [1.82, 2.24) is 14.9 Å². The van der Waals surface area contributed by atoms with E-state index in [9.17, 15) is 22.4 Å². The monoisotopic (exact) mass is 507 g/mol. The number of ketones is 1. The lowest BCUT2D eigenvalue weighted by Gasteiger charge is -2.28. The Bertz CT molecular complexity index is 1460. The van der Waals surface area contributed by atoms with E-state index in [1.807, 2.05) is 24.3 Å². The van der Waals surface area contributed by atoms with Crippen LogP contribution in [0.3, 0.4) is 0 Å². The largest absolute Gasteiger partial charge is 0.418 e. The molecule has 2 fully saturated rings. The molecule has 0 bridgehead atoms. The lowest BCUT2D eigenvalue weighted by molar-refractivity contribution is -0.136. The number of para-hydroxylation sites is 1. The average Bonchev–Trinajstić information content (AvgIpc) is 3.52. The second-order valence-corrected chi connectivity index (χ2v) is 10.1. The number of carbonyl (C=O) groups excluding carboxylic acids is 1. The summed E-state index contributed by atoms with van der Waals surface area (Å²) >= 11 is 0. The summed E-state index contributed by atoms with van der Waals surface area (Å²) in [6.07, 6.45) is -2.16. The van der Waals surface area contributed by atoms with Gasteiger partial charge in [-0.05, 0) is 61.2 Å². The van der Waals surface area contributed by atoms with Crippen LogP contribution in [0.2, 0.25) is 0 Å². The second kappa shape index (κ2) is 8.80. The molecule has 1 atom stereocenters. The first kappa shape index (κ1) is 23.9. The van der Waals surface area contributed by atoms with Gasteiger partial charge in [-0.3, -0.25) is 4.79 Å². The third kappa shape index (κ3) is 4.33. The van der Waals surface area contributed by atoms with E-state index in [0.29, 0.717) is 36.4 Å². The van der Waals surface area contributed by atoms with Crippen LogP contribution >= 0.6 is 0 Å². The van der Waals surface area contributed by atoms with Crippen molar-refractivity contribution in [1.29, 1.82) is 0 Å². The van der Waals surface area contributed by atoms with Crippen LogP contribution in [0.4, 0.5) is 17.6 Å². The highest BCUT2D eigenvalue weighted by Crippen LogP contribution is 2.43. The van der Waals surface area contributed by atoms with Gasteiger partial charge in [0.2, 0.25) is 0 Å². The quantitative estimate of drug-likeness (QED) is 0.304. The topological polar surface area (TPSA) is 46.9 Å². The van der Waals surface area contributed by atoms with Crippen LogP contribution in [0, 0.1) is 17.2 Å². The fraction of sp³-hybridized carbons (Fsp3) is 0.310. The maximum atomic E-state index is 13.9. The molecular weight excluding hydrogens is 482 g/mol. The standard InChI is InChI=1S/C29H25F4N3O/c30-22-12-10-19(11-13-22)18-4-8-21(9-5-18)27-35-25-23(29(31,32)33)2-1-3-24(25)36(27)17-28(14-15-34-16-28)26(37)20-6-7-20/h1-5,8-13,20,34H,6-7,14-17H2/t28-/m0/s1. The summed E-state index contributed by atoms with van der Waals surface area (Å²) in [5, 5.41) is 3.30. The van der Waals surface area contributed by atoms with E-state index in [1.165, 1.54) is 18.2 Å². The number of imidazole rings is 1. The Morgan fingerprint density at radius 3 is 2.22 bits per heavy atom. The van der Waals surface area contributed by atoms with Crippen LogP contribution in [0.1, 0.15) is 24.8 Å². The molecule has 1 N–H and O–H groups in total. The van der Waals surface area contributed by atoms with Crippen LogP contribution in [-0.4, -0.2) is 28.4 Å². The minimum atomic E-state index is -4.56. The highest BCUT2D eigenvalue weighted by Gasteiger charge is 2.48. The first-order valence-corrected chi connectivity index (χ1v) is 12.4. The molecule has 0 amide bonds. The number of Topliss-reactive ketones (excluding diaryl/α,β-unsaturated/α-hetero) is 1. The molecule has 1 aliphatic heterocycles. The van der Waals surface area contributed by atoms with E-state index in [2.05, 4.69) is 10.3 Å². The molecule has 3 aromatic carbocycles. The highest BCUT2D eigenvalue weighted by atomic mass is 19.4. The fourth-order valence-corrected chi connectivity index (χ4v) is 5.46. The lowest BCUT2D eigenvalue weighted by Crippen LogP contribution is -2.39. The van der Waals surface area contributed by atoms with Crippen molar-refractivity contribution in [3.05, 3.63) is 78.1 Å². The van der Waals surface area contributed by atoms with Crippen molar-refractivity contribution < 1.29 is 22.4 Å². The molecule has 37 heavy (non-hydrogen) atoms. The van der Waals surface area contributed by atoms with Crippen molar-refractivity contribution in [3.8, 4) is 22.5 Å². The third-order valence-corrected chi connectivity index (χ3v) is 7.58. The summed E-state index contributed by atoms with van der Waals surface area (Å²) in [4.78, 5) is 17.9. The zero-order valence-corrected chi connectivity index (χ0v) is 20.0. The SMILES string of the molecule is O=C(C1CC1)[C@@]1(Cn2c(-c3ccc(-c4ccc(F)cc4)cc3)nc3c(C(F)(F)F)cccc32)CCNC1. The van der Waals surface area contributed by atoms with Crippen molar-refractivity contribution >= 4 is 16.8 Å². The van der Waals surface area contributed by atoms with Gasteiger partial charge >= 0.3 is 6.18 Å². The number of rotatable bonds is 6. The Kier molecular flexibility index (Phi) is 5.67. The number of nitrogens with zero attached hydrogens (tertiary/aromatic N) is 2. The molecule has 4 nitrogen and oxygen atoms in total. The van der Waals surface area contributed by atoms with Crippen molar-refractivity contribution in [2.45, 2.75) is 32.0 Å². The molecule has 0 radical (unpaired) electrons. The van der Waals surface area contributed by atoms with Gasteiger partial charge in [0.05, 0.1) is 16.5 Å². The maximum Gasteiger partial charge on any atom is 0.418 e. The molecule has 0 unspecified atom stereocenters. The number of alkyl halides is 3. The number of hydrogen-bond acceptors (Lipinski definition) is 3. The fourth-order valence-electron chi connectivity index (χ4n) is 5.46. The zero-order chi connectivity index (χ0) is 25.8. The van der Waals surface area contributed by atoms with E-state index in [4.69, 9.17) is 0 Å². The molecule has 0 spiro atoms. The van der Waals surface area contributed by atoms with Gasteiger partial charge in [-0.25, -0.2) is 9.37 Å². The lowest BCUT2D eigenvalue weighted by atomic mass is 9.80. The van der Waals surface area contributed by atoms with Gasteiger partial charge < -0.3 is 9.88 Å². The molecule has 1 saturated heterocycles. The molecular formula is C29H25F4N3O. The van der Waals surface area contributed by atoms with Crippen LogP contribution in [0.5, 0.6) is 0 Å². The van der Waals surface area contributed by atoms with Gasteiger partial charge in [0.15, 0.2) is 0 Å². The maximum absolute atomic E-state index is 13.9. The Morgan fingerprint density at radius 2 is 1.62 bits per heavy atom. The normalized spacial score (nSPS) is 20.0. The van der Waals surface area contributed by atoms with Gasteiger partial charge in [0, 0.05) is 24.6 Å². The van der Waals surface area contributed by atoms with Crippen LogP contribution in [-0.2, 0) is 17.5 Å². The summed E-state index contributed by atoms with van der Waals surface area (Å²) in [6.45, 7) is 1.46. The summed E-state index contributed by atoms with van der Waals surface area (Å²) in [6, 6.07) is 17.5. The molecule has 6 rings (SSSR count). The number of halogens is 4. The predicted octanol–water partition coefficient (Wildman–Crippen LogP) is 6.49. The number of fused-ring (bicyclic) bond motifs is 1. The second-order valence-electron chi connectivity index (χ2n) is 10.1. The number of hydrogen-bond donors (Lipinski definition) is 1. The van der Waals surface area contributed by atoms with Crippen molar-refractivity contribution in [2.75, 3.05) is 13.1 Å². The van der Waals surface area contributed by atoms with E-state index in [1.54, 1.807) is 22.8 Å². The Balaban J connectivity index is 1.48. The molecule has 2 heterocycles. The van der Waals surface area contributed by atoms with E-state index >= 15 is 0 Å². The Morgan fingerprint density at radius 1 is 0.973 bits per heavy atom. The summed E-state index contributed by atoms with van der Waals surface area (Å²) < 4.78 is 56.9. The first-order chi connectivity index (χ1) is 17.7. The van der Waals surface area contributed by atoms with E-state index < -0.39 is 17.2 Å². The zero-order valence-electron chi connectivity index (χ0n) is 20.0. The molecule has 1 saturated carbocycles. The van der Waals surface area contributed by atoms with Crippen LogP contribution < -0.4 is 5.32 Å². The Labute approximate surface area is 211 Å². The minimum Gasteiger partial charge on any atom is -0.323 e. The number of nitrogens with one attached hydrogen (secondary N) is 1. The summed E-state index contributed by atoms with van der Waals surface area (Å²) in [5.41, 5.74) is 1.10. The molecule has 2 aliphatic rings. The predicted molar refractivity (Wildman–Crippen MR) is 133 cm³/mol. The van der Waals surface area contributed by atoms with Gasteiger partial charge in [-0.2, -0.15) is 13.2 Å². The summed E-state index contributed by atoms with van der Waals surface area (Å²) in [7, 11) is 0. The van der Waals surface area contributed by atoms with Gasteiger partial charge in [-0.15, -0.1) is 0 Å². The van der Waals surface area contributed by atoms with E-state index in [0.717, 1.165) is 30.0 Å². The number of carbonyl (C=O) groups is 1. The molecule has 8 heteroatoms. The number of benzene rings is 3. The molecule has 1 aromatic heterocycles. The van der Waals surface area contributed by atoms with Crippen molar-refractivity contribution in [3.63, 3.8) is 0 Å². The molecule has 1 aliphatic carbocycles. The smallest absolute Gasteiger partial charge is 0.323 e. The molecule has 190 valence electrons. The van der Waals surface area contributed by atoms with Gasteiger partial charge in [0.1, 0.15) is 22.9 Å². The Hall–Kier alpha value is -3.52.